The van der Waals surface area contributed by atoms with Crippen LogP contribution >= 0.6 is 15.9 Å². The second-order valence-corrected chi connectivity index (χ2v) is 7.39. The molecule has 2 rings (SSSR count). The van der Waals surface area contributed by atoms with Gasteiger partial charge in [0.05, 0.1) is 16.4 Å². The molecule has 0 radical (unpaired) electrons. The highest BCUT2D eigenvalue weighted by Crippen LogP contribution is 2.42. The van der Waals surface area contributed by atoms with Gasteiger partial charge in [0, 0.05) is 6.54 Å². The molecule has 1 aromatic heterocycles. The summed E-state index contributed by atoms with van der Waals surface area (Å²) in [6.45, 7) is 7.61. The summed E-state index contributed by atoms with van der Waals surface area (Å²) < 4.78 is 2.94. The number of aromatic nitrogens is 2. The van der Waals surface area contributed by atoms with E-state index in [9.17, 15) is 5.11 Å². The highest BCUT2D eigenvalue weighted by Gasteiger charge is 2.37. The average Bonchev–Trinajstić information content (AvgIpc) is 2.64. The molecular formula is C16H27BrN2O. The third-order valence-electron chi connectivity index (χ3n) is 4.71. The fourth-order valence-electron chi connectivity index (χ4n) is 3.46. The van der Waals surface area contributed by atoms with Gasteiger partial charge in [-0.1, -0.05) is 27.2 Å². The molecule has 1 heterocycles. The van der Waals surface area contributed by atoms with Gasteiger partial charge in [-0.3, -0.25) is 4.68 Å². The molecule has 1 N–H and O–H groups in total. The zero-order chi connectivity index (χ0) is 14.8. The topological polar surface area (TPSA) is 38.0 Å². The summed E-state index contributed by atoms with van der Waals surface area (Å²) in [5.41, 5.74) is 0.275. The Bertz CT molecular complexity index is 444. The molecule has 3 nitrogen and oxygen atoms in total. The van der Waals surface area contributed by atoms with Gasteiger partial charge in [-0.25, -0.2) is 0 Å². The predicted octanol–water partition coefficient (Wildman–Crippen LogP) is 4.48. The maximum atomic E-state index is 11.2. The molecule has 20 heavy (non-hydrogen) atoms. The second kappa shape index (κ2) is 6.61. The summed E-state index contributed by atoms with van der Waals surface area (Å²) in [5.74, 6) is 1.45. The molecule has 2 unspecified atom stereocenters. The minimum Gasteiger partial charge on any atom is -0.384 e. The van der Waals surface area contributed by atoms with Crippen molar-refractivity contribution in [2.75, 3.05) is 0 Å². The van der Waals surface area contributed by atoms with Crippen molar-refractivity contribution in [2.45, 2.75) is 71.4 Å². The van der Waals surface area contributed by atoms with Crippen molar-refractivity contribution in [1.82, 2.24) is 9.78 Å². The van der Waals surface area contributed by atoms with E-state index >= 15 is 0 Å². The number of halogens is 1. The zero-order valence-electron chi connectivity index (χ0n) is 12.9. The molecule has 2 atom stereocenters. The van der Waals surface area contributed by atoms with Crippen LogP contribution in [-0.4, -0.2) is 14.9 Å². The Morgan fingerprint density at radius 2 is 2.20 bits per heavy atom. The van der Waals surface area contributed by atoms with E-state index < -0.39 is 5.60 Å². The van der Waals surface area contributed by atoms with Crippen LogP contribution in [-0.2, 0) is 12.1 Å². The van der Waals surface area contributed by atoms with Gasteiger partial charge < -0.3 is 5.11 Å². The Morgan fingerprint density at radius 1 is 1.45 bits per heavy atom. The van der Waals surface area contributed by atoms with Crippen molar-refractivity contribution in [1.29, 1.82) is 0 Å². The Balaban J connectivity index is 2.24. The highest BCUT2D eigenvalue weighted by atomic mass is 79.9. The van der Waals surface area contributed by atoms with Crippen molar-refractivity contribution in [3.8, 4) is 0 Å². The van der Waals surface area contributed by atoms with E-state index in [0.717, 1.165) is 54.7 Å². The van der Waals surface area contributed by atoms with Gasteiger partial charge in [-0.2, -0.15) is 5.10 Å². The largest absolute Gasteiger partial charge is 0.384 e. The minimum absolute atomic E-state index is 0.710. The lowest BCUT2D eigenvalue weighted by Gasteiger charge is -2.28. The van der Waals surface area contributed by atoms with Gasteiger partial charge >= 0.3 is 0 Å². The van der Waals surface area contributed by atoms with Crippen LogP contribution in [0, 0.1) is 11.8 Å². The van der Waals surface area contributed by atoms with Crippen LogP contribution in [0.5, 0.6) is 0 Å². The molecule has 0 spiro atoms. The monoisotopic (exact) mass is 342 g/mol. The standard InChI is InChI=1S/C16H27BrN2O/c1-4-10-19-15(14(17)11-18-19)16(20)8-5-6-13(7-9-16)12(2)3/h11-13,20H,4-10H2,1-3H3. The summed E-state index contributed by atoms with van der Waals surface area (Å²) in [4.78, 5) is 0. The van der Waals surface area contributed by atoms with Gasteiger partial charge in [0.2, 0.25) is 0 Å². The molecular weight excluding hydrogens is 316 g/mol. The van der Waals surface area contributed by atoms with Crippen LogP contribution in [0.4, 0.5) is 0 Å². The molecule has 1 saturated carbocycles. The first-order chi connectivity index (χ1) is 9.48. The van der Waals surface area contributed by atoms with Crippen LogP contribution < -0.4 is 0 Å². The summed E-state index contributed by atoms with van der Waals surface area (Å²) in [7, 11) is 0. The summed E-state index contributed by atoms with van der Waals surface area (Å²) in [6.07, 6.45) is 8.01. The van der Waals surface area contributed by atoms with Crippen LogP contribution in [0.15, 0.2) is 10.7 Å². The van der Waals surface area contributed by atoms with Crippen molar-refractivity contribution in [3.05, 3.63) is 16.4 Å². The maximum Gasteiger partial charge on any atom is 0.107 e. The molecule has 0 saturated heterocycles. The first-order valence-corrected chi connectivity index (χ1v) is 8.71. The highest BCUT2D eigenvalue weighted by molar-refractivity contribution is 9.10. The maximum absolute atomic E-state index is 11.2. The normalized spacial score (nSPS) is 27.8. The first-order valence-electron chi connectivity index (χ1n) is 7.92. The van der Waals surface area contributed by atoms with Gasteiger partial charge in [0.1, 0.15) is 5.60 Å². The Hall–Kier alpha value is -0.350. The predicted molar refractivity (Wildman–Crippen MR) is 85.5 cm³/mol. The zero-order valence-corrected chi connectivity index (χ0v) is 14.5. The molecule has 0 aromatic carbocycles. The Morgan fingerprint density at radius 3 is 2.85 bits per heavy atom. The summed E-state index contributed by atoms with van der Waals surface area (Å²) in [5, 5.41) is 15.6. The lowest BCUT2D eigenvalue weighted by atomic mass is 9.87. The van der Waals surface area contributed by atoms with Gasteiger partial charge in [0.15, 0.2) is 0 Å². The Kier molecular flexibility index (Phi) is 5.30. The van der Waals surface area contributed by atoms with Gasteiger partial charge in [0.25, 0.3) is 0 Å². The third-order valence-corrected chi connectivity index (χ3v) is 5.29. The second-order valence-electron chi connectivity index (χ2n) is 6.53. The lowest BCUT2D eigenvalue weighted by Crippen LogP contribution is -2.29. The van der Waals surface area contributed by atoms with Crippen LogP contribution in [0.3, 0.4) is 0 Å². The molecule has 1 aliphatic rings. The van der Waals surface area contributed by atoms with Crippen LogP contribution in [0.1, 0.15) is 65.0 Å². The molecule has 0 aliphatic heterocycles. The molecule has 1 aliphatic carbocycles. The summed E-state index contributed by atoms with van der Waals surface area (Å²) in [6, 6.07) is 0. The first kappa shape index (κ1) is 16.0. The van der Waals surface area contributed by atoms with E-state index in [1.165, 1.54) is 6.42 Å². The average molecular weight is 343 g/mol. The number of rotatable bonds is 4. The number of hydrogen-bond donors (Lipinski definition) is 1. The molecule has 114 valence electrons. The van der Waals surface area contributed by atoms with E-state index in [-0.39, 0.29) is 0 Å². The quantitative estimate of drug-likeness (QED) is 0.819. The third kappa shape index (κ3) is 3.28. The molecule has 4 heteroatoms. The van der Waals surface area contributed by atoms with E-state index in [2.05, 4.69) is 41.8 Å². The number of nitrogens with zero attached hydrogens (tertiary/aromatic N) is 2. The van der Waals surface area contributed by atoms with E-state index in [4.69, 9.17) is 0 Å². The molecule has 0 bridgehead atoms. The number of hydrogen-bond acceptors (Lipinski definition) is 2. The van der Waals surface area contributed by atoms with E-state index in [1.807, 2.05) is 10.9 Å². The summed E-state index contributed by atoms with van der Waals surface area (Å²) >= 11 is 3.58. The Labute approximate surface area is 130 Å². The fourth-order valence-corrected chi connectivity index (χ4v) is 4.13. The van der Waals surface area contributed by atoms with Crippen molar-refractivity contribution >= 4 is 15.9 Å². The van der Waals surface area contributed by atoms with E-state index in [1.54, 1.807) is 0 Å². The van der Waals surface area contributed by atoms with Crippen LogP contribution in [0.2, 0.25) is 0 Å². The SMILES string of the molecule is CCCn1ncc(Br)c1C1(O)CCCC(C(C)C)CC1. The van der Waals surface area contributed by atoms with Gasteiger partial charge in [-0.15, -0.1) is 0 Å². The smallest absolute Gasteiger partial charge is 0.107 e. The minimum atomic E-state index is -0.714. The number of aryl methyl sites for hydroxylation is 1. The van der Waals surface area contributed by atoms with Crippen molar-refractivity contribution in [2.24, 2.45) is 11.8 Å². The van der Waals surface area contributed by atoms with Crippen LogP contribution in [0.25, 0.3) is 0 Å². The molecule has 0 amide bonds. The lowest BCUT2D eigenvalue weighted by molar-refractivity contribution is 0.00952. The van der Waals surface area contributed by atoms with Crippen molar-refractivity contribution < 1.29 is 5.11 Å². The molecule has 1 fully saturated rings. The number of aliphatic hydroxyl groups is 1. The van der Waals surface area contributed by atoms with Gasteiger partial charge in [-0.05, 0) is 59.9 Å². The van der Waals surface area contributed by atoms with E-state index in [0.29, 0.717) is 5.92 Å². The molecule has 1 aromatic rings. The fraction of sp³-hybridized carbons (Fsp3) is 0.812. The van der Waals surface area contributed by atoms with Crippen molar-refractivity contribution in [3.63, 3.8) is 0 Å².